The van der Waals surface area contributed by atoms with Gasteiger partial charge in [0.1, 0.15) is 0 Å². The molecule has 12 heavy (non-hydrogen) atoms. The van der Waals surface area contributed by atoms with E-state index in [1.807, 2.05) is 0 Å². The van der Waals surface area contributed by atoms with Crippen molar-refractivity contribution >= 4 is 6.09 Å². The Labute approximate surface area is 71.5 Å². The average molecular weight is 170 g/mol. The van der Waals surface area contributed by atoms with E-state index in [1.54, 1.807) is 0 Å². The predicted molar refractivity (Wildman–Crippen MR) is 44.1 cm³/mol. The monoisotopic (exact) mass is 170 g/mol. The largest absolute Gasteiger partial charge is 0.465 e. The Morgan fingerprint density at radius 2 is 2.17 bits per heavy atom. The number of carboxylic acid groups (broad SMARTS) is 1. The molecule has 0 aliphatic carbocycles. The molecule has 2 N–H and O–H groups in total. The second kappa shape index (κ2) is 2.94. The van der Waals surface area contributed by atoms with Gasteiger partial charge in [0.15, 0.2) is 0 Å². The molecular weight excluding hydrogens is 156 g/mol. The number of nitrogens with one attached hydrogen (secondary N) is 1. The summed E-state index contributed by atoms with van der Waals surface area (Å²) < 4.78 is 0. The summed E-state index contributed by atoms with van der Waals surface area (Å²) in [7, 11) is 0. The lowest BCUT2D eigenvalue weighted by Crippen LogP contribution is -2.42. The van der Waals surface area contributed by atoms with Crippen LogP contribution in [-0.2, 0) is 0 Å². The molecule has 2 unspecified atom stereocenters. The van der Waals surface area contributed by atoms with E-state index in [0.29, 0.717) is 5.92 Å². The van der Waals surface area contributed by atoms with Crippen molar-refractivity contribution in [1.82, 2.24) is 10.2 Å². The Bertz CT molecular complexity index is 195. The lowest BCUT2D eigenvalue weighted by molar-refractivity contribution is 0.110. The number of carbonyl (C=O) groups is 1. The third-order valence-electron chi connectivity index (χ3n) is 2.97. The van der Waals surface area contributed by atoms with Crippen LogP contribution < -0.4 is 5.32 Å². The molecule has 0 bridgehead atoms. The Balaban J connectivity index is 1.96. The number of hydrogen-bond donors (Lipinski definition) is 2. The highest BCUT2D eigenvalue weighted by atomic mass is 16.4. The molecule has 0 aromatic heterocycles. The maximum Gasteiger partial charge on any atom is 0.407 e. The third kappa shape index (κ3) is 1.27. The molecule has 0 radical (unpaired) electrons. The second-order valence-corrected chi connectivity index (χ2v) is 3.70. The third-order valence-corrected chi connectivity index (χ3v) is 2.97. The molecule has 2 aliphatic heterocycles. The molecule has 4 nitrogen and oxygen atoms in total. The molecule has 0 aromatic rings. The normalized spacial score (nSPS) is 34.8. The zero-order valence-electron chi connectivity index (χ0n) is 6.99. The summed E-state index contributed by atoms with van der Waals surface area (Å²) in [5.41, 5.74) is 0. The van der Waals surface area contributed by atoms with Crippen LogP contribution in [0.25, 0.3) is 0 Å². The molecule has 2 fully saturated rings. The summed E-state index contributed by atoms with van der Waals surface area (Å²) in [6.07, 6.45) is 0.268. The van der Waals surface area contributed by atoms with Gasteiger partial charge in [-0.05, 0) is 31.3 Å². The first-order valence-electron chi connectivity index (χ1n) is 4.46. The van der Waals surface area contributed by atoms with Gasteiger partial charge in [0, 0.05) is 13.1 Å². The maximum atomic E-state index is 10.6. The Morgan fingerprint density at radius 1 is 1.42 bits per heavy atom. The molecule has 2 rings (SSSR count). The van der Waals surface area contributed by atoms with E-state index in [9.17, 15) is 4.79 Å². The standard InChI is InChI=1S/C8H14N2O2/c11-8(12)10-2-1-6-3-9-4-7(6)5-10/h6-7,9H,1-5H2,(H,11,12). The van der Waals surface area contributed by atoms with Crippen molar-refractivity contribution in [2.45, 2.75) is 6.42 Å². The van der Waals surface area contributed by atoms with Crippen molar-refractivity contribution in [2.24, 2.45) is 11.8 Å². The van der Waals surface area contributed by atoms with Crippen LogP contribution in [0.5, 0.6) is 0 Å². The Kier molecular flexibility index (Phi) is 1.92. The molecule has 0 spiro atoms. The van der Waals surface area contributed by atoms with E-state index in [1.165, 1.54) is 4.90 Å². The SMILES string of the molecule is O=C(O)N1CCC2CNCC2C1. The summed E-state index contributed by atoms with van der Waals surface area (Å²) in [6.45, 7) is 3.53. The Hall–Kier alpha value is -0.770. The topological polar surface area (TPSA) is 52.6 Å². The lowest BCUT2D eigenvalue weighted by atomic mass is 9.89. The minimum atomic E-state index is -0.764. The fourth-order valence-corrected chi connectivity index (χ4v) is 2.21. The molecule has 2 saturated heterocycles. The van der Waals surface area contributed by atoms with Gasteiger partial charge in [-0.25, -0.2) is 4.79 Å². The first-order chi connectivity index (χ1) is 5.77. The molecular formula is C8H14N2O2. The predicted octanol–water partition coefficient (Wildman–Crippen LogP) is 0.206. The van der Waals surface area contributed by atoms with Gasteiger partial charge in [0.2, 0.25) is 0 Å². The van der Waals surface area contributed by atoms with Gasteiger partial charge in [-0.15, -0.1) is 0 Å². The zero-order valence-corrected chi connectivity index (χ0v) is 6.99. The van der Waals surface area contributed by atoms with Crippen LogP contribution in [0.15, 0.2) is 0 Å². The van der Waals surface area contributed by atoms with Crippen molar-refractivity contribution < 1.29 is 9.90 Å². The highest BCUT2D eigenvalue weighted by Gasteiger charge is 2.34. The van der Waals surface area contributed by atoms with Gasteiger partial charge in [-0.3, -0.25) is 0 Å². The summed E-state index contributed by atoms with van der Waals surface area (Å²) >= 11 is 0. The van der Waals surface area contributed by atoms with Crippen LogP contribution in [0.4, 0.5) is 4.79 Å². The molecule has 0 saturated carbocycles. The van der Waals surface area contributed by atoms with E-state index in [2.05, 4.69) is 5.32 Å². The summed E-state index contributed by atoms with van der Waals surface area (Å²) in [4.78, 5) is 12.2. The first-order valence-corrected chi connectivity index (χ1v) is 4.46. The number of fused-ring (bicyclic) bond motifs is 1. The van der Waals surface area contributed by atoms with Crippen LogP contribution in [0.1, 0.15) is 6.42 Å². The quantitative estimate of drug-likeness (QED) is 0.546. The molecule has 0 aromatic carbocycles. The van der Waals surface area contributed by atoms with Crippen molar-refractivity contribution in [3.05, 3.63) is 0 Å². The van der Waals surface area contributed by atoms with Crippen molar-refractivity contribution in [2.75, 3.05) is 26.2 Å². The molecule has 2 heterocycles. The number of hydrogen-bond acceptors (Lipinski definition) is 2. The second-order valence-electron chi connectivity index (χ2n) is 3.70. The van der Waals surface area contributed by atoms with Gasteiger partial charge in [0.05, 0.1) is 0 Å². The van der Waals surface area contributed by atoms with Gasteiger partial charge < -0.3 is 15.3 Å². The fourth-order valence-electron chi connectivity index (χ4n) is 2.21. The summed E-state index contributed by atoms with van der Waals surface area (Å²) in [5, 5.41) is 12.1. The smallest absolute Gasteiger partial charge is 0.407 e. The van der Waals surface area contributed by atoms with Crippen LogP contribution in [0, 0.1) is 11.8 Å². The summed E-state index contributed by atoms with van der Waals surface area (Å²) in [6, 6.07) is 0. The summed E-state index contributed by atoms with van der Waals surface area (Å²) in [5.74, 6) is 1.29. The van der Waals surface area contributed by atoms with Crippen LogP contribution in [0.2, 0.25) is 0 Å². The fraction of sp³-hybridized carbons (Fsp3) is 0.875. The van der Waals surface area contributed by atoms with Gasteiger partial charge in [-0.1, -0.05) is 0 Å². The van der Waals surface area contributed by atoms with E-state index in [4.69, 9.17) is 5.11 Å². The molecule has 4 heteroatoms. The number of piperidine rings is 1. The van der Waals surface area contributed by atoms with Crippen molar-refractivity contribution in [3.8, 4) is 0 Å². The minimum Gasteiger partial charge on any atom is -0.465 e. The van der Waals surface area contributed by atoms with E-state index < -0.39 is 6.09 Å². The lowest BCUT2D eigenvalue weighted by Gasteiger charge is -2.32. The molecule has 68 valence electrons. The van der Waals surface area contributed by atoms with Gasteiger partial charge in [0.25, 0.3) is 0 Å². The molecule has 2 atom stereocenters. The maximum absolute atomic E-state index is 10.6. The highest BCUT2D eigenvalue weighted by Crippen LogP contribution is 2.26. The average Bonchev–Trinajstić information content (AvgIpc) is 2.49. The van der Waals surface area contributed by atoms with Crippen molar-refractivity contribution in [3.63, 3.8) is 0 Å². The number of nitrogens with zero attached hydrogens (tertiary/aromatic N) is 1. The number of rotatable bonds is 0. The zero-order chi connectivity index (χ0) is 8.55. The molecule has 1 amide bonds. The van der Waals surface area contributed by atoms with Gasteiger partial charge >= 0.3 is 6.09 Å². The van der Waals surface area contributed by atoms with Crippen LogP contribution in [-0.4, -0.2) is 42.3 Å². The van der Waals surface area contributed by atoms with E-state index >= 15 is 0 Å². The highest BCUT2D eigenvalue weighted by molar-refractivity contribution is 5.65. The van der Waals surface area contributed by atoms with E-state index in [-0.39, 0.29) is 0 Å². The van der Waals surface area contributed by atoms with Crippen LogP contribution in [0.3, 0.4) is 0 Å². The molecule has 2 aliphatic rings. The first kappa shape index (κ1) is 7.86. The Morgan fingerprint density at radius 3 is 2.92 bits per heavy atom. The van der Waals surface area contributed by atoms with Crippen molar-refractivity contribution in [1.29, 1.82) is 0 Å². The van der Waals surface area contributed by atoms with Crippen LogP contribution >= 0.6 is 0 Å². The van der Waals surface area contributed by atoms with Gasteiger partial charge in [-0.2, -0.15) is 0 Å². The number of likely N-dealkylation sites (tertiary alicyclic amines) is 1. The number of amides is 1. The minimum absolute atomic E-state index is 0.565. The van der Waals surface area contributed by atoms with E-state index in [0.717, 1.165) is 38.5 Å².